The highest BCUT2D eigenvalue weighted by atomic mass is 32.1. The summed E-state index contributed by atoms with van der Waals surface area (Å²) >= 11 is 4.20. The maximum absolute atomic E-state index is 6.31. The van der Waals surface area contributed by atoms with Gasteiger partial charge in [-0.15, -0.1) is 0 Å². The SMILES string of the molecule is CC(=N)[S]. The lowest BCUT2D eigenvalue weighted by Crippen LogP contribution is -1.60. The minimum absolute atomic E-state index is 0.250. The van der Waals surface area contributed by atoms with Crippen LogP contribution in [0.2, 0.25) is 0 Å². The average molecular weight is 74.1 g/mol. The third kappa shape index (κ3) is 124. The van der Waals surface area contributed by atoms with E-state index in [0.717, 1.165) is 0 Å². The zero-order chi connectivity index (χ0) is 3.58. The van der Waals surface area contributed by atoms with Gasteiger partial charge in [-0.2, -0.15) is 0 Å². The third-order valence-corrected chi connectivity index (χ3v) is 0. The van der Waals surface area contributed by atoms with Crippen molar-refractivity contribution in [2.45, 2.75) is 6.92 Å². The topological polar surface area (TPSA) is 23.9 Å². The molecule has 0 spiro atoms. The van der Waals surface area contributed by atoms with Crippen molar-refractivity contribution in [2.24, 2.45) is 0 Å². The maximum atomic E-state index is 6.31. The molecule has 0 aliphatic heterocycles. The van der Waals surface area contributed by atoms with E-state index in [0.29, 0.717) is 0 Å². The molecule has 4 heavy (non-hydrogen) atoms. The quantitative estimate of drug-likeness (QED) is 0.329. The number of hydrogen-bond donors (Lipinski definition) is 1. The van der Waals surface area contributed by atoms with Crippen LogP contribution in [0.3, 0.4) is 0 Å². The number of hydrogen-bond acceptors (Lipinski definition) is 1. The van der Waals surface area contributed by atoms with E-state index < -0.39 is 0 Å². The Bertz CT molecular complexity index is 29.0. The Balaban J connectivity index is 2.80. The molecule has 0 fully saturated rings. The van der Waals surface area contributed by atoms with Gasteiger partial charge in [0.25, 0.3) is 0 Å². The van der Waals surface area contributed by atoms with Crippen LogP contribution in [0.25, 0.3) is 0 Å². The van der Waals surface area contributed by atoms with Crippen LogP contribution in [0.4, 0.5) is 0 Å². The van der Waals surface area contributed by atoms with Crippen molar-refractivity contribution in [3.05, 3.63) is 0 Å². The first-order chi connectivity index (χ1) is 1.73. The van der Waals surface area contributed by atoms with Gasteiger partial charge in [0.1, 0.15) is 0 Å². The van der Waals surface area contributed by atoms with Gasteiger partial charge in [-0.25, -0.2) is 0 Å². The van der Waals surface area contributed by atoms with Crippen LogP contribution in [0.15, 0.2) is 0 Å². The van der Waals surface area contributed by atoms with E-state index in [4.69, 9.17) is 5.41 Å². The third-order valence-electron chi connectivity index (χ3n) is 0. The monoisotopic (exact) mass is 74.0 g/mol. The molecule has 0 aromatic rings. The van der Waals surface area contributed by atoms with Crippen molar-refractivity contribution < 1.29 is 0 Å². The van der Waals surface area contributed by atoms with Gasteiger partial charge in [0.2, 0.25) is 0 Å². The molecule has 0 amide bonds. The molecule has 0 atom stereocenters. The highest BCUT2D eigenvalue weighted by Crippen LogP contribution is 1.67. The molecule has 0 rings (SSSR count). The van der Waals surface area contributed by atoms with Crippen LogP contribution in [-0.2, 0) is 0 Å². The second-order valence-electron chi connectivity index (χ2n) is 0.556. The van der Waals surface area contributed by atoms with Crippen LogP contribution < -0.4 is 0 Å². The van der Waals surface area contributed by atoms with Crippen LogP contribution in [-0.4, -0.2) is 5.04 Å². The fourth-order valence-electron chi connectivity index (χ4n) is 0. The van der Waals surface area contributed by atoms with Crippen LogP contribution >= 0.6 is 12.6 Å². The number of nitrogens with one attached hydrogen (secondary N) is 1. The molecule has 0 saturated heterocycles. The van der Waals surface area contributed by atoms with Crippen molar-refractivity contribution in [3.8, 4) is 0 Å². The fraction of sp³-hybridized carbons (Fsp3) is 0.500. The standard InChI is InChI=1S/C2H4NS/c1-2(3)4/h3H,1H3. The predicted octanol–water partition coefficient (Wildman–Crippen LogP) is 1.18. The summed E-state index contributed by atoms with van der Waals surface area (Å²) in [4.78, 5) is 0. The molecule has 23 valence electrons. The Morgan fingerprint density at radius 3 is 2.00 bits per heavy atom. The van der Waals surface area contributed by atoms with Gasteiger partial charge in [0, 0.05) is 0 Å². The smallest absolute Gasteiger partial charge is 0.0909 e. The molecule has 0 unspecified atom stereocenters. The maximum Gasteiger partial charge on any atom is 0.0909 e. The molecule has 0 bridgehead atoms. The first-order valence-electron chi connectivity index (χ1n) is 0.954. The highest BCUT2D eigenvalue weighted by molar-refractivity contribution is 7.96. The lowest BCUT2D eigenvalue weighted by Gasteiger charge is -1.59. The summed E-state index contributed by atoms with van der Waals surface area (Å²) in [6.45, 7) is 1.56. The van der Waals surface area contributed by atoms with Gasteiger partial charge in [-0.05, 0) is 6.92 Å². The zero-order valence-electron chi connectivity index (χ0n) is 2.41. The second-order valence-corrected chi connectivity index (χ2v) is 1.17. The van der Waals surface area contributed by atoms with Gasteiger partial charge in [0.15, 0.2) is 0 Å². The molecular weight excluding hydrogens is 70.1 g/mol. The Kier molecular flexibility index (Phi) is 1.20. The van der Waals surface area contributed by atoms with E-state index in [1.54, 1.807) is 6.92 Å². The van der Waals surface area contributed by atoms with E-state index in [1.165, 1.54) is 0 Å². The Morgan fingerprint density at radius 2 is 2.00 bits per heavy atom. The normalized spacial score (nSPS) is 6.25. The molecule has 0 aromatic heterocycles. The summed E-state index contributed by atoms with van der Waals surface area (Å²) in [5, 5.41) is 6.56. The first kappa shape index (κ1) is 3.89. The van der Waals surface area contributed by atoms with E-state index >= 15 is 0 Å². The summed E-state index contributed by atoms with van der Waals surface area (Å²) in [6.07, 6.45) is 0. The Labute approximate surface area is 30.9 Å². The summed E-state index contributed by atoms with van der Waals surface area (Å²) in [5.41, 5.74) is 0. The largest absolute Gasteiger partial charge is 0.294 e. The van der Waals surface area contributed by atoms with E-state index in [9.17, 15) is 0 Å². The summed E-state index contributed by atoms with van der Waals surface area (Å²) in [7, 11) is 0. The Hall–Kier alpha value is -0.110. The second kappa shape index (κ2) is 1.24. The first-order valence-corrected chi connectivity index (χ1v) is 1.36. The van der Waals surface area contributed by atoms with E-state index in [2.05, 4.69) is 12.6 Å². The van der Waals surface area contributed by atoms with Crippen molar-refractivity contribution in [3.63, 3.8) is 0 Å². The van der Waals surface area contributed by atoms with Crippen molar-refractivity contribution in [2.75, 3.05) is 0 Å². The molecule has 1 nitrogen and oxygen atoms in total. The lowest BCUT2D eigenvalue weighted by molar-refractivity contribution is 1.54. The molecule has 0 aliphatic rings. The molecule has 0 aromatic carbocycles. The molecule has 2 heteroatoms. The van der Waals surface area contributed by atoms with Crippen LogP contribution in [0.5, 0.6) is 0 Å². The van der Waals surface area contributed by atoms with Gasteiger partial charge in [-0.3, -0.25) is 5.41 Å². The summed E-state index contributed by atoms with van der Waals surface area (Å²) in [6, 6.07) is 0. The van der Waals surface area contributed by atoms with Gasteiger partial charge in [0.05, 0.1) is 5.04 Å². The van der Waals surface area contributed by atoms with Crippen LogP contribution in [0, 0.1) is 5.41 Å². The molecule has 1 N–H and O–H groups in total. The zero-order valence-corrected chi connectivity index (χ0v) is 3.22. The average Bonchev–Trinajstić information content (AvgIpc) is 0.811. The minimum Gasteiger partial charge on any atom is -0.294 e. The van der Waals surface area contributed by atoms with Crippen molar-refractivity contribution >= 4 is 17.7 Å². The predicted molar refractivity (Wildman–Crippen MR) is 21.0 cm³/mol. The Morgan fingerprint density at radius 1 is 2.00 bits per heavy atom. The highest BCUT2D eigenvalue weighted by Gasteiger charge is 1.59. The molecule has 0 heterocycles. The number of rotatable bonds is 0. The van der Waals surface area contributed by atoms with Crippen LogP contribution in [0.1, 0.15) is 6.92 Å². The fourth-order valence-corrected chi connectivity index (χ4v) is 0. The van der Waals surface area contributed by atoms with Gasteiger partial charge in [-0.1, -0.05) is 12.6 Å². The molecular formula is C2H4NS. The lowest BCUT2D eigenvalue weighted by atomic mass is 10.9. The summed E-state index contributed by atoms with van der Waals surface area (Å²) < 4.78 is 0. The molecule has 0 aliphatic carbocycles. The summed E-state index contributed by atoms with van der Waals surface area (Å²) in [5.74, 6) is 0. The van der Waals surface area contributed by atoms with E-state index in [1.807, 2.05) is 0 Å². The molecule has 0 saturated carbocycles. The van der Waals surface area contributed by atoms with Gasteiger partial charge >= 0.3 is 0 Å². The van der Waals surface area contributed by atoms with Gasteiger partial charge < -0.3 is 0 Å². The van der Waals surface area contributed by atoms with E-state index in [-0.39, 0.29) is 5.04 Å². The van der Waals surface area contributed by atoms with Crippen molar-refractivity contribution in [1.29, 1.82) is 5.41 Å². The van der Waals surface area contributed by atoms with Crippen molar-refractivity contribution in [1.82, 2.24) is 0 Å². The minimum atomic E-state index is 0.250. The molecule has 1 radical (unpaired) electrons.